The molecule has 0 aliphatic heterocycles. The molecule has 0 aliphatic carbocycles. The topological polar surface area (TPSA) is 12.9 Å². The van der Waals surface area contributed by atoms with Crippen LogP contribution in [0.1, 0.15) is 31.2 Å². The number of thioether (sulfide) groups is 1. The van der Waals surface area contributed by atoms with E-state index in [1.165, 1.54) is 25.3 Å². The van der Waals surface area contributed by atoms with Gasteiger partial charge in [0.15, 0.2) is 0 Å². The predicted molar refractivity (Wildman–Crippen MR) is 89.7 cm³/mol. The number of benzene rings is 1. The van der Waals surface area contributed by atoms with Gasteiger partial charge in [-0.05, 0) is 36.8 Å². The van der Waals surface area contributed by atoms with Crippen molar-refractivity contribution in [1.29, 1.82) is 0 Å². The van der Waals surface area contributed by atoms with Crippen LogP contribution in [0.2, 0.25) is 0 Å². The van der Waals surface area contributed by atoms with Crippen LogP contribution in [-0.4, -0.2) is 16.1 Å². The number of aromatic nitrogens is 1. The molecule has 0 spiro atoms. The summed E-state index contributed by atoms with van der Waals surface area (Å²) in [4.78, 5) is 5.07. The Kier molecular flexibility index (Phi) is 6.56. The highest BCUT2D eigenvalue weighted by Crippen LogP contribution is 2.33. The van der Waals surface area contributed by atoms with Crippen LogP contribution < -0.4 is 0 Å². The number of pyridine rings is 1. The normalized spacial score (nSPS) is 12.0. The highest BCUT2D eigenvalue weighted by atomic mass is 79.9. The number of fused-ring (bicyclic) bond motifs is 1. The van der Waals surface area contributed by atoms with Crippen molar-refractivity contribution >= 4 is 38.6 Å². The van der Waals surface area contributed by atoms with Crippen LogP contribution in [0.15, 0.2) is 35.4 Å². The maximum absolute atomic E-state index is 12.7. The first-order valence-electron chi connectivity index (χ1n) is 7.17. The molecule has 0 saturated carbocycles. The van der Waals surface area contributed by atoms with E-state index >= 15 is 0 Å². The first-order chi connectivity index (χ1) is 10.5. The molecule has 0 saturated heterocycles. The van der Waals surface area contributed by atoms with Gasteiger partial charge in [0, 0.05) is 21.8 Å². The number of hydrogen-bond donors (Lipinski definition) is 0. The third-order valence-electron chi connectivity index (χ3n) is 3.32. The van der Waals surface area contributed by atoms with Gasteiger partial charge >= 0.3 is 6.18 Å². The minimum absolute atomic E-state index is 0.402. The summed E-state index contributed by atoms with van der Waals surface area (Å²) in [6.07, 6.45) is 1.94. The largest absolute Gasteiger partial charge is 0.416 e. The quantitative estimate of drug-likeness (QED) is 0.312. The zero-order chi connectivity index (χ0) is 16.0. The van der Waals surface area contributed by atoms with Gasteiger partial charge in [0.1, 0.15) is 0 Å². The number of alkyl halides is 4. The number of unbranched alkanes of at least 4 members (excludes halogenated alkanes) is 3. The van der Waals surface area contributed by atoms with Crippen LogP contribution >= 0.6 is 27.7 Å². The van der Waals surface area contributed by atoms with Gasteiger partial charge in [0.25, 0.3) is 0 Å². The first-order valence-corrected chi connectivity index (χ1v) is 9.28. The molecule has 2 rings (SSSR count). The van der Waals surface area contributed by atoms with Crippen molar-refractivity contribution in [2.24, 2.45) is 0 Å². The van der Waals surface area contributed by atoms with Crippen LogP contribution in [0.5, 0.6) is 0 Å². The summed E-state index contributed by atoms with van der Waals surface area (Å²) in [7, 11) is 0. The number of hydrogen-bond acceptors (Lipinski definition) is 2. The van der Waals surface area contributed by atoms with Crippen molar-refractivity contribution in [3.05, 3.63) is 36.0 Å². The molecule has 120 valence electrons. The zero-order valence-corrected chi connectivity index (χ0v) is 14.4. The zero-order valence-electron chi connectivity index (χ0n) is 12.0. The maximum atomic E-state index is 12.7. The molecule has 0 bridgehead atoms. The number of nitrogens with zero attached hydrogens (tertiary/aromatic N) is 1. The molecule has 6 heteroatoms. The van der Waals surface area contributed by atoms with Gasteiger partial charge in [-0.2, -0.15) is 13.2 Å². The first kappa shape index (κ1) is 17.6. The summed E-state index contributed by atoms with van der Waals surface area (Å²) < 4.78 is 38.2. The van der Waals surface area contributed by atoms with Crippen LogP contribution in [-0.2, 0) is 6.18 Å². The average molecular weight is 392 g/mol. The van der Waals surface area contributed by atoms with Crippen molar-refractivity contribution in [2.45, 2.75) is 36.8 Å². The van der Waals surface area contributed by atoms with Crippen molar-refractivity contribution in [2.75, 3.05) is 11.1 Å². The van der Waals surface area contributed by atoms with Crippen LogP contribution in [0.3, 0.4) is 0 Å². The van der Waals surface area contributed by atoms with E-state index in [1.807, 2.05) is 6.07 Å². The van der Waals surface area contributed by atoms with Gasteiger partial charge in [0.05, 0.1) is 11.1 Å². The lowest BCUT2D eigenvalue weighted by Gasteiger charge is -2.09. The molecule has 0 amide bonds. The summed E-state index contributed by atoms with van der Waals surface area (Å²) >= 11 is 5.10. The molecule has 0 radical (unpaired) electrons. The molecule has 22 heavy (non-hydrogen) atoms. The summed E-state index contributed by atoms with van der Waals surface area (Å²) in [6.45, 7) is 0. The fourth-order valence-corrected chi connectivity index (χ4v) is 3.61. The molecule has 1 aromatic heterocycles. The van der Waals surface area contributed by atoms with Crippen molar-refractivity contribution in [1.82, 2.24) is 4.98 Å². The highest BCUT2D eigenvalue weighted by molar-refractivity contribution is 9.09. The fraction of sp³-hybridized carbons (Fsp3) is 0.438. The van der Waals surface area contributed by atoms with E-state index in [2.05, 4.69) is 20.9 Å². The summed E-state index contributed by atoms with van der Waals surface area (Å²) in [5.74, 6) is 0.975. The van der Waals surface area contributed by atoms with Gasteiger partial charge in [0.2, 0.25) is 0 Å². The van der Waals surface area contributed by atoms with Gasteiger partial charge < -0.3 is 0 Å². The lowest BCUT2D eigenvalue weighted by molar-refractivity contribution is -0.137. The standard InChI is InChI=1S/C16H17BrF3NS/c17-8-3-1-2-4-10-22-15-7-9-21-14-11-12(16(18,19)20)5-6-13(14)15/h5-7,9,11H,1-4,8,10H2. The third kappa shape index (κ3) is 4.88. The Morgan fingerprint density at radius 3 is 2.55 bits per heavy atom. The summed E-state index contributed by atoms with van der Waals surface area (Å²) in [6, 6.07) is 5.65. The molecule has 1 nitrogen and oxygen atoms in total. The smallest absolute Gasteiger partial charge is 0.256 e. The van der Waals surface area contributed by atoms with Gasteiger partial charge in [-0.15, -0.1) is 11.8 Å². The van der Waals surface area contributed by atoms with E-state index in [1.54, 1.807) is 18.0 Å². The van der Waals surface area contributed by atoms with Gasteiger partial charge in [-0.1, -0.05) is 34.8 Å². The average Bonchev–Trinajstić information content (AvgIpc) is 2.49. The predicted octanol–water partition coefficient (Wildman–Crippen LogP) is 6.30. The van der Waals surface area contributed by atoms with E-state index in [4.69, 9.17) is 0 Å². The molecule has 0 N–H and O–H groups in total. The minimum Gasteiger partial charge on any atom is -0.256 e. The maximum Gasteiger partial charge on any atom is 0.416 e. The Morgan fingerprint density at radius 2 is 1.82 bits per heavy atom. The Labute approximate surface area is 140 Å². The van der Waals surface area contributed by atoms with E-state index in [-0.39, 0.29) is 0 Å². The van der Waals surface area contributed by atoms with E-state index in [0.29, 0.717) is 5.52 Å². The Bertz CT molecular complexity index is 616. The molecule has 1 heterocycles. The Balaban J connectivity index is 2.05. The number of rotatable bonds is 7. The molecule has 0 unspecified atom stereocenters. The van der Waals surface area contributed by atoms with Gasteiger partial charge in [-0.25, -0.2) is 0 Å². The molecular formula is C16H17BrF3NS. The molecule has 0 atom stereocenters. The number of halogens is 4. The summed E-state index contributed by atoms with van der Waals surface area (Å²) in [5, 5.41) is 1.83. The lowest BCUT2D eigenvalue weighted by atomic mass is 10.1. The van der Waals surface area contributed by atoms with Crippen molar-refractivity contribution in [3.63, 3.8) is 0 Å². The van der Waals surface area contributed by atoms with Crippen LogP contribution in [0, 0.1) is 0 Å². The SMILES string of the molecule is FC(F)(F)c1ccc2c(SCCCCCCBr)ccnc2c1. The van der Waals surface area contributed by atoms with Crippen LogP contribution in [0.4, 0.5) is 13.2 Å². The molecular weight excluding hydrogens is 375 g/mol. The molecule has 2 aromatic rings. The van der Waals surface area contributed by atoms with E-state index < -0.39 is 11.7 Å². The molecule has 0 aliphatic rings. The van der Waals surface area contributed by atoms with Gasteiger partial charge in [-0.3, -0.25) is 4.98 Å². The second-order valence-electron chi connectivity index (χ2n) is 4.99. The molecule has 1 aromatic carbocycles. The minimum atomic E-state index is -4.32. The van der Waals surface area contributed by atoms with Crippen LogP contribution in [0.25, 0.3) is 10.9 Å². The van der Waals surface area contributed by atoms with Crippen molar-refractivity contribution < 1.29 is 13.2 Å². The second kappa shape index (κ2) is 8.20. The fourth-order valence-electron chi connectivity index (χ4n) is 2.16. The lowest BCUT2D eigenvalue weighted by Crippen LogP contribution is -2.04. The summed E-state index contributed by atoms with van der Waals surface area (Å²) in [5.41, 5.74) is -0.247. The Hall–Kier alpha value is -0.750. The van der Waals surface area contributed by atoms with E-state index in [0.717, 1.165) is 39.9 Å². The third-order valence-corrected chi connectivity index (χ3v) is 5.04. The molecule has 0 fully saturated rings. The van der Waals surface area contributed by atoms with Crippen molar-refractivity contribution in [3.8, 4) is 0 Å². The second-order valence-corrected chi connectivity index (χ2v) is 6.92. The van der Waals surface area contributed by atoms with E-state index in [9.17, 15) is 13.2 Å². The monoisotopic (exact) mass is 391 g/mol. The Morgan fingerprint density at radius 1 is 1.05 bits per heavy atom. The highest BCUT2D eigenvalue weighted by Gasteiger charge is 2.30.